The maximum absolute atomic E-state index is 14.3. The van der Waals surface area contributed by atoms with E-state index in [0.717, 1.165) is 34.6 Å². The van der Waals surface area contributed by atoms with Gasteiger partial charge in [0.2, 0.25) is 18.1 Å². The first-order valence-electron chi connectivity index (χ1n) is 14.3. The van der Waals surface area contributed by atoms with E-state index in [-0.39, 0.29) is 30.0 Å². The van der Waals surface area contributed by atoms with Crippen LogP contribution in [0.4, 0.5) is 10.5 Å². The minimum absolute atomic E-state index is 0.0754. The molecule has 228 valence electrons. The molecule has 3 aromatic rings. The summed E-state index contributed by atoms with van der Waals surface area (Å²) in [5.74, 6) is -1.02. The molecule has 0 aliphatic carbocycles. The fourth-order valence-electron chi connectivity index (χ4n) is 5.27. The fourth-order valence-corrected chi connectivity index (χ4v) is 6.26. The summed E-state index contributed by atoms with van der Waals surface area (Å²) in [7, 11) is 1.67. The molecule has 1 fully saturated rings. The van der Waals surface area contributed by atoms with Crippen molar-refractivity contribution in [1.29, 1.82) is 0 Å². The Bertz CT molecular complexity index is 1470. The highest BCUT2D eigenvalue weighted by atomic mass is 32.1. The van der Waals surface area contributed by atoms with E-state index in [4.69, 9.17) is 11.5 Å². The summed E-state index contributed by atoms with van der Waals surface area (Å²) in [6, 6.07) is 12.2. The number of nitrogens with two attached hydrogens (primary N) is 2. The maximum atomic E-state index is 14.3. The molecule has 2 heterocycles. The zero-order valence-electron chi connectivity index (χ0n) is 24.4. The topological polar surface area (TPSA) is 176 Å². The van der Waals surface area contributed by atoms with Crippen molar-refractivity contribution in [3.05, 3.63) is 59.1 Å². The van der Waals surface area contributed by atoms with Crippen molar-refractivity contribution in [2.24, 2.45) is 16.5 Å². The highest BCUT2D eigenvalue weighted by Gasteiger charge is 2.42. The van der Waals surface area contributed by atoms with Crippen LogP contribution in [0.2, 0.25) is 0 Å². The number of rotatable bonds is 13. The molecule has 13 heteroatoms. The van der Waals surface area contributed by atoms with Crippen molar-refractivity contribution in [1.82, 2.24) is 20.1 Å². The van der Waals surface area contributed by atoms with Crippen molar-refractivity contribution < 1.29 is 19.2 Å². The second kappa shape index (κ2) is 14.7. The van der Waals surface area contributed by atoms with Gasteiger partial charge in [0, 0.05) is 24.8 Å². The normalized spacial score (nSPS) is 16.0. The Morgan fingerprint density at radius 3 is 2.63 bits per heavy atom. The Kier molecular flexibility index (Phi) is 10.8. The number of hydrogen-bond donors (Lipinski definition) is 4. The lowest BCUT2D eigenvalue weighted by molar-refractivity contribution is -0.132. The van der Waals surface area contributed by atoms with Crippen molar-refractivity contribution in [2.75, 3.05) is 25.5 Å². The Balaban J connectivity index is 1.75. The van der Waals surface area contributed by atoms with Crippen LogP contribution in [-0.4, -0.2) is 83.1 Å². The van der Waals surface area contributed by atoms with Crippen LogP contribution in [0.5, 0.6) is 0 Å². The predicted molar refractivity (Wildman–Crippen MR) is 168 cm³/mol. The van der Waals surface area contributed by atoms with E-state index >= 15 is 0 Å². The van der Waals surface area contributed by atoms with E-state index < -0.39 is 29.8 Å². The SMILES string of the molecule is CN[C@H](Cc1ccccc1)C(=O)N(C(=O)N1CCC[C@H]1C)C(CCCN=C(N)N)C(=O)c1nc2ccc(NC=O)cc2s1. The number of hydrogen-bond acceptors (Lipinski definition) is 8. The number of thiazole rings is 1. The summed E-state index contributed by atoms with van der Waals surface area (Å²) in [5.41, 5.74) is 13.1. The Morgan fingerprint density at radius 2 is 1.98 bits per heavy atom. The highest BCUT2D eigenvalue weighted by Crippen LogP contribution is 2.29. The number of amides is 4. The third kappa shape index (κ3) is 7.73. The standard InChI is InChI=1S/C30H38N8O4S/c1-19-8-7-15-37(19)30(42)38(28(41)23(33-2)16-20-9-4-3-5-10-20)24(11-6-14-34-29(31)32)26(40)27-36-22-13-12-21(35-18-39)17-25(22)43-27/h3-5,9-10,12-13,17-19,23-24,33H,6-8,11,14-16H2,1-2H3,(H,35,39)(H4,31,32,34)/t19-,23-,24?/m1/s1. The van der Waals surface area contributed by atoms with Crippen molar-refractivity contribution in [3.8, 4) is 0 Å². The minimum Gasteiger partial charge on any atom is -0.370 e. The van der Waals surface area contributed by atoms with Crippen LogP contribution >= 0.6 is 11.3 Å². The molecule has 4 amide bonds. The molecule has 3 atom stereocenters. The van der Waals surface area contributed by atoms with E-state index in [1.807, 2.05) is 37.3 Å². The number of carbonyl (C=O) groups is 4. The summed E-state index contributed by atoms with van der Waals surface area (Å²) >= 11 is 1.15. The van der Waals surface area contributed by atoms with Crippen LogP contribution < -0.4 is 22.1 Å². The first-order chi connectivity index (χ1) is 20.7. The number of carbonyl (C=O) groups excluding carboxylic acids is 4. The number of nitrogens with one attached hydrogen (secondary N) is 2. The number of benzene rings is 2. The number of aromatic nitrogens is 1. The van der Waals surface area contributed by atoms with E-state index in [2.05, 4.69) is 20.6 Å². The summed E-state index contributed by atoms with van der Waals surface area (Å²) < 4.78 is 0.684. The van der Waals surface area contributed by atoms with E-state index in [0.29, 0.717) is 41.7 Å². The van der Waals surface area contributed by atoms with Gasteiger partial charge in [0.05, 0.1) is 16.3 Å². The molecular weight excluding hydrogens is 568 g/mol. The molecule has 6 N–H and O–H groups in total. The summed E-state index contributed by atoms with van der Waals surface area (Å²) in [6.07, 6.45) is 3.02. The number of anilines is 1. The molecule has 1 aliphatic heterocycles. The molecule has 1 aliphatic rings. The molecule has 0 radical (unpaired) electrons. The van der Waals surface area contributed by atoms with Crippen LogP contribution in [0.15, 0.2) is 53.5 Å². The number of fused-ring (bicyclic) bond motifs is 1. The number of ketones is 1. The highest BCUT2D eigenvalue weighted by molar-refractivity contribution is 7.20. The molecule has 0 spiro atoms. The molecule has 43 heavy (non-hydrogen) atoms. The number of Topliss-reactive ketones (excluding diaryl/α,β-unsaturated/α-hetero) is 1. The lowest BCUT2D eigenvalue weighted by atomic mass is 10.0. The molecule has 2 aromatic carbocycles. The Labute approximate surface area is 254 Å². The van der Waals surface area contributed by atoms with Crippen LogP contribution in [-0.2, 0) is 16.0 Å². The van der Waals surface area contributed by atoms with Gasteiger partial charge in [-0.15, -0.1) is 11.3 Å². The Hall–Kier alpha value is -4.36. The summed E-state index contributed by atoms with van der Waals surface area (Å²) in [4.78, 5) is 65.1. The smallest absolute Gasteiger partial charge is 0.327 e. The summed E-state index contributed by atoms with van der Waals surface area (Å²) in [5, 5.41) is 5.82. The first kappa shape index (κ1) is 31.6. The average Bonchev–Trinajstić information content (AvgIpc) is 3.63. The van der Waals surface area contributed by atoms with Crippen LogP contribution in [0.3, 0.4) is 0 Å². The van der Waals surface area contributed by atoms with E-state index in [1.165, 1.54) is 0 Å². The predicted octanol–water partition coefficient (Wildman–Crippen LogP) is 2.73. The molecule has 0 saturated carbocycles. The lowest BCUT2D eigenvalue weighted by Gasteiger charge is -2.36. The third-order valence-electron chi connectivity index (χ3n) is 7.54. The minimum atomic E-state index is -1.14. The number of urea groups is 1. The monoisotopic (exact) mass is 606 g/mol. The van der Waals surface area contributed by atoms with Crippen molar-refractivity contribution in [3.63, 3.8) is 0 Å². The molecular formula is C30H38N8O4S. The lowest BCUT2D eigenvalue weighted by Crippen LogP contribution is -2.59. The van der Waals surface area contributed by atoms with Gasteiger partial charge in [-0.2, -0.15) is 0 Å². The molecule has 1 aromatic heterocycles. The van der Waals surface area contributed by atoms with Crippen molar-refractivity contribution in [2.45, 2.75) is 57.2 Å². The summed E-state index contributed by atoms with van der Waals surface area (Å²) in [6.45, 7) is 2.67. The van der Waals surface area contributed by atoms with Gasteiger partial charge in [-0.05, 0) is 69.8 Å². The van der Waals surface area contributed by atoms with E-state index in [1.54, 1.807) is 30.1 Å². The first-order valence-corrected chi connectivity index (χ1v) is 15.1. The number of nitrogens with zero attached hydrogens (tertiary/aromatic N) is 4. The zero-order valence-corrected chi connectivity index (χ0v) is 25.2. The van der Waals surface area contributed by atoms with Crippen LogP contribution in [0.25, 0.3) is 10.2 Å². The third-order valence-corrected chi connectivity index (χ3v) is 8.57. The van der Waals surface area contributed by atoms with Crippen molar-refractivity contribution >= 4 is 57.3 Å². The molecule has 1 unspecified atom stereocenters. The molecule has 1 saturated heterocycles. The number of imide groups is 1. The van der Waals surface area contributed by atoms with Gasteiger partial charge in [-0.3, -0.25) is 24.3 Å². The van der Waals surface area contributed by atoms with Gasteiger partial charge in [0.15, 0.2) is 11.0 Å². The average molecular weight is 607 g/mol. The van der Waals surface area contributed by atoms with Crippen LogP contribution in [0.1, 0.15) is 48.0 Å². The molecule has 0 bridgehead atoms. The zero-order chi connectivity index (χ0) is 30.9. The largest absolute Gasteiger partial charge is 0.370 e. The number of likely N-dealkylation sites (N-methyl/N-ethyl adjacent to an activating group) is 1. The maximum Gasteiger partial charge on any atom is 0.327 e. The van der Waals surface area contributed by atoms with Crippen LogP contribution in [0, 0.1) is 0 Å². The quantitative estimate of drug-likeness (QED) is 0.0755. The molecule has 4 rings (SSSR count). The van der Waals surface area contributed by atoms with Gasteiger partial charge in [0.1, 0.15) is 6.04 Å². The second-order valence-electron chi connectivity index (χ2n) is 10.5. The number of guanidine groups is 1. The molecule has 12 nitrogen and oxygen atoms in total. The van der Waals surface area contributed by atoms with Gasteiger partial charge in [-0.1, -0.05) is 30.3 Å². The number of likely N-dealkylation sites (tertiary alicyclic amines) is 1. The van der Waals surface area contributed by atoms with Gasteiger partial charge in [0.25, 0.3) is 0 Å². The van der Waals surface area contributed by atoms with Gasteiger partial charge in [-0.25, -0.2) is 9.78 Å². The Morgan fingerprint density at radius 1 is 1.21 bits per heavy atom. The fraction of sp³-hybridized carbons (Fsp3) is 0.400. The van der Waals surface area contributed by atoms with Gasteiger partial charge < -0.3 is 27.0 Å². The number of aliphatic imine (C=N–C) groups is 1. The van der Waals surface area contributed by atoms with E-state index in [9.17, 15) is 19.2 Å². The van der Waals surface area contributed by atoms with Gasteiger partial charge >= 0.3 is 6.03 Å². The second-order valence-corrected chi connectivity index (χ2v) is 11.5.